The molecule has 0 aliphatic heterocycles. The molecule has 22 heavy (non-hydrogen) atoms. The molecule has 1 aromatic heterocycles. The predicted molar refractivity (Wildman–Crippen MR) is 83.5 cm³/mol. The van der Waals surface area contributed by atoms with Crippen molar-refractivity contribution >= 4 is 15.8 Å². The van der Waals surface area contributed by atoms with Gasteiger partial charge in [-0.05, 0) is 18.6 Å². The van der Waals surface area contributed by atoms with Gasteiger partial charge in [0, 0.05) is 6.26 Å². The Hall–Kier alpha value is -2.15. The third kappa shape index (κ3) is 3.94. The lowest BCUT2D eigenvalue weighted by Crippen LogP contribution is -2.14. The minimum atomic E-state index is -3.12. The molecule has 7 heteroatoms. The van der Waals surface area contributed by atoms with E-state index in [2.05, 4.69) is 9.84 Å². The van der Waals surface area contributed by atoms with Gasteiger partial charge < -0.3 is 4.74 Å². The summed E-state index contributed by atoms with van der Waals surface area (Å²) in [6.45, 7) is 2.16. The molecule has 0 N–H and O–H groups in total. The predicted octanol–water partition coefficient (Wildman–Crippen LogP) is 1.69. The van der Waals surface area contributed by atoms with Crippen LogP contribution in [0.5, 0.6) is 0 Å². The fraction of sp³-hybridized carbons (Fsp3) is 0.333. The second-order valence-electron chi connectivity index (χ2n) is 5.13. The third-order valence-corrected chi connectivity index (χ3v) is 4.12. The van der Waals surface area contributed by atoms with Crippen LogP contribution in [0.3, 0.4) is 0 Å². The van der Waals surface area contributed by atoms with Gasteiger partial charge in [0.05, 0.1) is 25.1 Å². The topological polar surface area (TPSA) is 78.3 Å². The molecule has 0 spiro atoms. The molecule has 0 unspecified atom stereocenters. The molecule has 118 valence electrons. The molecule has 2 aromatic rings. The maximum atomic E-state index is 11.6. The van der Waals surface area contributed by atoms with E-state index in [9.17, 15) is 13.2 Å². The number of carbonyl (C=O) groups excluding carboxylic acids is 1. The average molecular weight is 322 g/mol. The van der Waals surface area contributed by atoms with Crippen LogP contribution in [0, 0.1) is 6.92 Å². The lowest BCUT2D eigenvalue weighted by atomic mass is 10.1. The van der Waals surface area contributed by atoms with Crippen molar-refractivity contribution in [1.82, 2.24) is 9.78 Å². The molecule has 0 fully saturated rings. The Kier molecular flexibility index (Phi) is 4.65. The summed E-state index contributed by atoms with van der Waals surface area (Å²) < 4.78 is 28.9. The van der Waals surface area contributed by atoms with Crippen LogP contribution in [0.1, 0.15) is 16.1 Å². The summed E-state index contributed by atoms with van der Waals surface area (Å²) >= 11 is 0. The number of hydrogen-bond donors (Lipinski definition) is 0. The Morgan fingerprint density at radius 1 is 1.27 bits per heavy atom. The standard InChI is InChI=1S/C15H18N2O4S/c1-11-4-6-12(7-5-11)14-10-13(15(18)21-2)16-17(14)8-9-22(3,19)20/h4-7,10H,8-9H2,1-3H3. The van der Waals surface area contributed by atoms with Crippen molar-refractivity contribution in [1.29, 1.82) is 0 Å². The van der Waals surface area contributed by atoms with Crippen LogP contribution in [-0.4, -0.2) is 43.3 Å². The zero-order chi connectivity index (χ0) is 16.3. The van der Waals surface area contributed by atoms with Gasteiger partial charge in [-0.15, -0.1) is 0 Å². The number of nitrogens with zero attached hydrogens (tertiary/aromatic N) is 2. The summed E-state index contributed by atoms with van der Waals surface area (Å²) in [6, 6.07) is 9.32. The van der Waals surface area contributed by atoms with Crippen LogP contribution in [-0.2, 0) is 21.1 Å². The third-order valence-electron chi connectivity index (χ3n) is 3.20. The van der Waals surface area contributed by atoms with Crippen LogP contribution in [0.25, 0.3) is 11.3 Å². The minimum absolute atomic E-state index is 0.0475. The number of sulfone groups is 1. The highest BCUT2D eigenvalue weighted by Crippen LogP contribution is 2.21. The van der Waals surface area contributed by atoms with Gasteiger partial charge in [0.2, 0.25) is 0 Å². The molecule has 0 saturated carbocycles. The summed E-state index contributed by atoms with van der Waals surface area (Å²) in [5.41, 5.74) is 2.82. The van der Waals surface area contributed by atoms with Crippen molar-refractivity contribution in [3.63, 3.8) is 0 Å². The molecule has 0 bridgehead atoms. The van der Waals surface area contributed by atoms with E-state index < -0.39 is 15.8 Å². The molecule has 6 nitrogen and oxygen atoms in total. The molecule has 0 amide bonds. The molecule has 1 aromatic carbocycles. The van der Waals surface area contributed by atoms with Crippen molar-refractivity contribution in [2.75, 3.05) is 19.1 Å². The van der Waals surface area contributed by atoms with Crippen molar-refractivity contribution in [3.05, 3.63) is 41.6 Å². The van der Waals surface area contributed by atoms with Crippen molar-refractivity contribution in [2.24, 2.45) is 0 Å². The van der Waals surface area contributed by atoms with E-state index in [0.29, 0.717) is 5.69 Å². The van der Waals surface area contributed by atoms with Gasteiger partial charge >= 0.3 is 5.97 Å². The first-order valence-corrected chi connectivity index (χ1v) is 8.77. The molecule has 0 saturated heterocycles. The zero-order valence-corrected chi connectivity index (χ0v) is 13.6. The Morgan fingerprint density at radius 3 is 2.45 bits per heavy atom. The number of methoxy groups -OCH3 is 1. The Balaban J connectivity index is 2.43. The van der Waals surface area contributed by atoms with Gasteiger partial charge in [0.1, 0.15) is 9.84 Å². The first kappa shape index (κ1) is 16.2. The maximum absolute atomic E-state index is 11.6. The zero-order valence-electron chi connectivity index (χ0n) is 12.7. The molecular formula is C15H18N2O4S. The van der Waals surface area contributed by atoms with E-state index in [1.54, 1.807) is 6.07 Å². The van der Waals surface area contributed by atoms with Crippen LogP contribution < -0.4 is 0 Å². The minimum Gasteiger partial charge on any atom is -0.464 e. The van der Waals surface area contributed by atoms with E-state index in [4.69, 9.17) is 0 Å². The second-order valence-corrected chi connectivity index (χ2v) is 7.39. The second kappa shape index (κ2) is 6.31. The molecule has 0 aliphatic rings. The maximum Gasteiger partial charge on any atom is 0.358 e. The van der Waals surface area contributed by atoms with Gasteiger partial charge in [-0.3, -0.25) is 4.68 Å². The summed E-state index contributed by atoms with van der Waals surface area (Å²) in [7, 11) is -1.84. The van der Waals surface area contributed by atoms with Crippen molar-refractivity contribution in [3.8, 4) is 11.3 Å². The highest BCUT2D eigenvalue weighted by atomic mass is 32.2. The van der Waals surface area contributed by atoms with E-state index in [1.165, 1.54) is 18.0 Å². The summed E-state index contributed by atoms with van der Waals surface area (Å²) in [5, 5.41) is 4.16. The van der Waals surface area contributed by atoms with Gasteiger partial charge in [-0.2, -0.15) is 5.10 Å². The highest BCUT2D eigenvalue weighted by molar-refractivity contribution is 7.90. The lowest BCUT2D eigenvalue weighted by Gasteiger charge is -2.07. The molecular weight excluding hydrogens is 304 g/mol. The van der Waals surface area contributed by atoms with Crippen LogP contribution >= 0.6 is 0 Å². The number of esters is 1. The SMILES string of the molecule is COC(=O)c1cc(-c2ccc(C)cc2)n(CCS(C)(=O)=O)n1. The Morgan fingerprint density at radius 2 is 1.91 bits per heavy atom. The normalized spacial score (nSPS) is 11.4. The van der Waals surface area contributed by atoms with Crippen LogP contribution in [0.4, 0.5) is 0 Å². The van der Waals surface area contributed by atoms with E-state index >= 15 is 0 Å². The largest absolute Gasteiger partial charge is 0.464 e. The number of aromatic nitrogens is 2. The monoisotopic (exact) mass is 322 g/mol. The van der Waals surface area contributed by atoms with Crippen molar-refractivity contribution < 1.29 is 17.9 Å². The fourth-order valence-electron chi connectivity index (χ4n) is 2.00. The summed E-state index contributed by atoms with van der Waals surface area (Å²) in [6.07, 6.45) is 1.17. The number of aryl methyl sites for hydroxylation is 2. The number of ether oxygens (including phenoxy) is 1. The van der Waals surface area contributed by atoms with E-state index in [0.717, 1.165) is 11.1 Å². The van der Waals surface area contributed by atoms with Gasteiger partial charge in [-0.1, -0.05) is 29.8 Å². The fourth-order valence-corrected chi connectivity index (χ4v) is 2.51. The molecule has 0 radical (unpaired) electrons. The molecule has 0 atom stereocenters. The lowest BCUT2D eigenvalue weighted by molar-refractivity contribution is 0.0593. The Bertz CT molecular complexity index is 776. The molecule has 0 aliphatic carbocycles. The van der Waals surface area contributed by atoms with Gasteiger partial charge in [0.15, 0.2) is 5.69 Å². The summed E-state index contributed by atoms with van der Waals surface area (Å²) in [4.78, 5) is 11.6. The smallest absolute Gasteiger partial charge is 0.358 e. The number of hydrogen-bond acceptors (Lipinski definition) is 5. The Labute approximate surface area is 129 Å². The number of benzene rings is 1. The highest BCUT2D eigenvalue weighted by Gasteiger charge is 2.17. The quantitative estimate of drug-likeness (QED) is 0.783. The van der Waals surface area contributed by atoms with Gasteiger partial charge in [-0.25, -0.2) is 13.2 Å². The van der Waals surface area contributed by atoms with Gasteiger partial charge in [0.25, 0.3) is 0 Å². The average Bonchev–Trinajstić information content (AvgIpc) is 2.88. The van der Waals surface area contributed by atoms with E-state index in [-0.39, 0.29) is 18.0 Å². The van der Waals surface area contributed by atoms with Crippen LogP contribution in [0.15, 0.2) is 30.3 Å². The first-order chi connectivity index (χ1) is 10.3. The van der Waals surface area contributed by atoms with Crippen LogP contribution in [0.2, 0.25) is 0 Å². The summed E-state index contributed by atoms with van der Waals surface area (Å²) in [5.74, 6) is -0.597. The molecule has 1 heterocycles. The van der Waals surface area contributed by atoms with Crippen molar-refractivity contribution in [2.45, 2.75) is 13.5 Å². The van der Waals surface area contributed by atoms with E-state index in [1.807, 2.05) is 31.2 Å². The molecule has 2 rings (SSSR count). The number of carbonyl (C=O) groups is 1. The number of rotatable bonds is 5. The first-order valence-electron chi connectivity index (χ1n) is 6.71.